The number of rotatable bonds is 3. The molecule has 2 rings (SSSR count). The van der Waals surface area contributed by atoms with Gasteiger partial charge in [0.15, 0.2) is 11.5 Å². The molecule has 17 heavy (non-hydrogen) atoms. The highest BCUT2D eigenvalue weighted by molar-refractivity contribution is 5.76. The van der Waals surface area contributed by atoms with Crippen molar-refractivity contribution in [2.24, 2.45) is 0 Å². The van der Waals surface area contributed by atoms with Crippen LogP contribution in [0.4, 0.5) is 0 Å². The lowest BCUT2D eigenvalue weighted by Crippen LogP contribution is -2.37. The number of aromatic nitrogens is 1. The van der Waals surface area contributed by atoms with E-state index in [1.807, 2.05) is 12.1 Å². The van der Waals surface area contributed by atoms with Gasteiger partial charge in [0.2, 0.25) is 0 Å². The summed E-state index contributed by atoms with van der Waals surface area (Å²) in [5.41, 5.74) is 3.18. The fourth-order valence-corrected chi connectivity index (χ4v) is 1.78. The van der Waals surface area contributed by atoms with Gasteiger partial charge in [-0.15, -0.1) is 0 Å². The molecule has 1 N–H and O–H groups in total. The largest absolute Gasteiger partial charge is 0.441 e. The van der Waals surface area contributed by atoms with E-state index < -0.39 is 0 Å². The Morgan fingerprint density at radius 3 is 2.71 bits per heavy atom. The van der Waals surface area contributed by atoms with Crippen molar-refractivity contribution in [2.75, 3.05) is 6.54 Å². The first-order valence-electron chi connectivity index (χ1n) is 6.06. The van der Waals surface area contributed by atoms with E-state index in [0.717, 1.165) is 30.0 Å². The zero-order valence-electron chi connectivity index (χ0n) is 11.0. The molecule has 0 aliphatic carbocycles. The Morgan fingerprint density at radius 1 is 1.29 bits per heavy atom. The van der Waals surface area contributed by atoms with E-state index in [9.17, 15) is 0 Å². The summed E-state index contributed by atoms with van der Waals surface area (Å²) >= 11 is 0. The highest BCUT2D eigenvalue weighted by Crippen LogP contribution is 2.18. The van der Waals surface area contributed by atoms with Gasteiger partial charge in [-0.3, -0.25) is 0 Å². The van der Waals surface area contributed by atoms with Gasteiger partial charge in [-0.2, -0.15) is 0 Å². The second kappa shape index (κ2) is 4.49. The summed E-state index contributed by atoms with van der Waals surface area (Å²) in [6.45, 7) is 9.41. The highest BCUT2D eigenvalue weighted by Gasteiger charge is 2.10. The molecule has 0 atom stereocenters. The number of benzene rings is 1. The van der Waals surface area contributed by atoms with E-state index >= 15 is 0 Å². The maximum absolute atomic E-state index is 5.71. The lowest BCUT2D eigenvalue weighted by Gasteiger charge is -2.19. The van der Waals surface area contributed by atoms with E-state index in [4.69, 9.17) is 4.42 Å². The Labute approximate surface area is 102 Å². The van der Waals surface area contributed by atoms with Crippen molar-refractivity contribution in [3.63, 3.8) is 0 Å². The minimum absolute atomic E-state index is 0.141. The number of oxazole rings is 1. The number of fused-ring (bicyclic) bond motifs is 1. The van der Waals surface area contributed by atoms with Crippen LogP contribution in [0.15, 0.2) is 22.6 Å². The van der Waals surface area contributed by atoms with E-state index in [1.54, 1.807) is 0 Å². The first-order valence-corrected chi connectivity index (χ1v) is 6.06. The quantitative estimate of drug-likeness (QED) is 0.883. The third kappa shape index (κ3) is 3.07. The van der Waals surface area contributed by atoms with E-state index in [0.29, 0.717) is 0 Å². The number of nitrogens with one attached hydrogen (secondary N) is 1. The molecule has 1 aromatic heterocycles. The average Bonchev–Trinajstić information content (AvgIpc) is 2.60. The van der Waals surface area contributed by atoms with Gasteiger partial charge in [-0.1, -0.05) is 12.1 Å². The minimum atomic E-state index is 0.141. The molecule has 3 nitrogen and oxygen atoms in total. The molecule has 0 spiro atoms. The molecule has 1 heterocycles. The third-order valence-electron chi connectivity index (χ3n) is 2.66. The van der Waals surface area contributed by atoms with Gasteiger partial charge in [0.25, 0.3) is 0 Å². The van der Waals surface area contributed by atoms with Crippen LogP contribution in [-0.2, 0) is 6.42 Å². The van der Waals surface area contributed by atoms with Crippen LogP contribution in [0.2, 0.25) is 0 Å². The van der Waals surface area contributed by atoms with Gasteiger partial charge in [-0.05, 0) is 39.3 Å². The lowest BCUT2D eigenvalue weighted by molar-refractivity contribution is 0.414. The van der Waals surface area contributed by atoms with Crippen LogP contribution in [0.3, 0.4) is 0 Å². The summed E-state index contributed by atoms with van der Waals surface area (Å²) in [7, 11) is 0. The van der Waals surface area contributed by atoms with Crippen molar-refractivity contribution in [3.8, 4) is 0 Å². The molecule has 0 radical (unpaired) electrons. The van der Waals surface area contributed by atoms with Crippen LogP contribution >= 0.6 is 0 Å². The molecule has 92 valence electrons. The zero-order chi connectivity index (χ0) is 12.5. The summed E-state index contributed by atoms with van der Waals surface area (Å²) in [4.78, 5) is 4.53. The third-order valence-corrected chi connectivity index (χ3v) is 2.66. The van der Waals surface area contributed by atoms with Crippen molar-refractivity contribution >= 4 is 11.1 Å². The van der Waals surface area contributed by atoms with E-state index in [-0.39, 0.29) is 5.54 Å². The maximum Gasteiger partial charge on any atom is 0.196 e. The van der Waals surface area contributed by atoms with E-state index in [2.05, 4.69) is 44.1 Å². The summed E-state index contributed by atoms with van der Waals surface area (Å²) in [5.74, 6) is 0.811. The SMILES string of the molecule is Cc1cccc2oc(CCNC(C)(C)C)nc12. The monoisotopic (exact) mass is 232 g/mol. The fraction of sp³-hybridized carbons (Fsp3) is 0.500. The van der Waals surface area contributed by atoms with Gasteiger partial charge in [0, 0.05) is 18.5 Å². The van der Waals surface area contributed by atoms with Crippen molar-refractivity contribution in [2.45, 2.75) is 39.7 Å². The smallest absolute Gasteiger partial charge is 0.196 e. The Kier molecular flexibility index (Phi) is 3.20. The number of hydrogen-bond acceptors (Lipinski definition) is 3. The Morgan fingerprint density at radius 2 is 2.06 bits per heavy atom. The average molecular weight is 232 g/mol. The summed E-state index contributed by atoms with van der Waals surface area (Å²) < 4.78 is 5.71. The standard InChI is InChI=1S/C14H20N2O/c1-10-6-5-7-11-13(10)16-12(17-11)8-9-15-14(2,3)4/h5-7,15H,8-9H2,1-4H3. The highest BCUT2D eigenvalue weighted by atomic mass is 16.3. The van der Waals surface area contributed by atoms with Gasteiger partial charge < -0.3 is 9.73 Å². The second-order valence-corrected chi connectivity index (χ2v) is 5.46. The van der Waals surface area contributed by atoms with Gasteiger partial charge in [0.1, 0.15) is 5.52 Å². The number of hydrogen-bond donors (Lipinski definition) is 1. The summed E-state index contributed by atoms with van der Waals surface area (Å²) in [6, 6.07) is 6.03. The molecular formula is C14H20N2O. The zero-order valence-corrected chi connectivity index (χ0v) is 11.0. The van der Waals surface area contributed by atoms with Crippen LogP contribution < -0.4 is 5.32 Å². The van der Waals surface area contributed by atoms with Gasteiger partial charge in [0.05, 0.1) is 0 Å². The predicted molar refractivity (Wildman–Crippen MR) is 70.2 cm³/mol. The first kappa shape index (κ1) is 12.1. The molecular weight excluding hydrogens is 212 g/mol. The molecule has 0 aliphatic heterocycles. The van der Waals surface area contributed by atoms with Crippen LogP contribution in [0, 0.1) is 6.92 Å². The topological polar surface area (TPSA) is 38.1 Å². The van der Waals surface area contributed by atoms with Gasteiger partial charge >= 0.3 is 0 Å². The Hall–Kier alpha value is -1.35. The van der Waals surface area contributed by atoms with Crippen LogP contribution in [0.1, 0.15) is 32.2 Å². The maximum atomic E-state index is 5.71. The molecule has 0 amide bonds. The molecule has 3 heteroatoms. The lowest BCUT2D eigenvalue weighted by atomic mass is 10.1. The molecule has 0 saturated heterocycles. The van der Waals surface area contributed by atoms with Gasteiger partial charge in [-0.25, -0.2) is 4.98 Å². The molecule has 2 aromatic rings. The van der Waals surface area contributed by atoms with E-state index in [1.165, 1.54) is 5.56 Å². The molecule has 0 saturated carbocycles. The number of nitrogens with zero attached hydrogens (tertiary/aromatic N) is 1. The second-order valence-electron chi connectivity index (χ2n) is 5.46. The Bertz CT molecular complexity index is 508. The molecule has 0 bridgehead atoms. The molecule has 1 aromatic carbocycles. The van der Waals surface area contributed by atoms with Crippen molar-refractivity contribution in [3.05, 3.63) is 29.7 Å². The number of aryl methyl sites for hydroxylation is 1. The van der Waals surface area contributed by atoms with Crippen LogP contribution in [0.25, 0.3) is 11.1 Å². The van der Waals surface area contributed by atoms with Crippen LogP contribution in [0.5, 0.6) is 0 Å². The first-order chi connectivity index (χ1) is 7.96. The number of para-hydroxylation sites is 1. The molecule has 0 unspecified atom stereocenters. The van der Waals surface area contributed by atoms with Crippen molar-refractivity contribution in [1.29, 1.82) is 0 Å². The molecule has 0 fully saturated rings. The fourth-order valence-electron chi connectivity index (χ4n) is 1.78. The molecule has 0 aliphatic rings. The Balaban J connectivity index is 2.07. The minimum Gasteiger partial charge on any atom is -0.441 e. The normalized spacial score (nSPS) is 12.2. The van der Waals surface area contributed by atoms with Crippen molar-refractivity contribution in [1.82, 2.24) is 10.3 Å². The van der Waals surface area contributed by atoms with Crippen molar-refractivity contribution < 1.29 is 4.42 Å². The summed E-state index contributed by atoms with van der Waals surface area (Å²) in [5, 5.41) is 3.43. The summed E-state index contributed by atoms with van der Waals surface area (Å²) in [6.07, 6.45) is 0.825. The van der Waals surface area contributed by atoms with Crippen LogP contribution in [-0.4, -0.2) is 17.1 Å². The predicted octanol–water partition coefficient (Wildman–Crippen LogP) is 3.07.